The normalized spacial score (nSPS) is 11.8. The van der Waals surface area contributed by atoms with Gasteiger partial charge in [-0.2, -0.15) is 13.2 Å². The van der Waals surface area contributed by atoms with E-state index < -0.39 is 11.7 Å². The minimum Gasteiger partial charge on any atom is -0.431 e. The maximum absolute atomic E-state index is 12.6. The summed E-state index contributed by atoms with van der Waals surface area (Å²) < 4.78 is 43.9. The second kappa shape index (κ2) is 4.92. The highest BCUT2D eigenvalue weighted by atomic mass is 32.1. The van der Waals surface area contributed by atoms with Crippen LogP contribution in [0.2, 0.25) is 0 Å². The molecule has 0 spiro atoms. The van der Waals surface area contributed by atoms with E-state index in [2.05, 4.69) is 4.98 Å². The second-order valence-corrected chi connectivity index (χ2v) is 5.23. The van der Waals surface area contributed by atoms with Gasteiger partial charge >= 0.3 is 6.18 Å². The zero-order chi connectivity index (χ0) is 15.0. The van der Waals surface area contributed by atoms with Crippen molar-refractivity contribution >= 4 is 21.6 Å². The Labute approximate surface area is 121 Å². The third kappa shape index (κ3) is 2.92. The van der Waals surface area contributed by atoms with Crippen LogP contribution in [0.4, 0.5) is 13.2 Å². The predicted octanol–water partition coefficient (Wildman–Crippen LogP) is 5.25. The molecule has 3 aromatic rings. The average molecular weight is 310 g/mol. The molecule has 1 heterocycles. The van der Waals surface area contributed by atoms with E-state index >= 15 is 0 Å². The molecule has 0 atom stereocenters. The fraction of sp³-hybridized carbons (Fsp3) is 0.0714. The fourth-order valence-corrected chi connectivity index (χ4v) is 2.55. The van der Waals surface area contributed by atoms with Crippen LogP contribution in [0.3, 0.4) is 0 Å². The lowest BCUT2D eigenvalue weighted by Gasteiger charge is -2.04. The fourth-order valence-electron chi connectivity index (χ4n) is 1.73. The molecule has 21 heavy (non-hydrogen) atoms. The van der Waals surface area contributed by atoms with Gasteiger partial charge < -0.3 is 4.74 Å². The van der Waals surface area contributed by atoms with Crippen LogP contribution in [0.15, 0.2) is 42.5 Å². The zero-order valence-electron chi connectivity index (χ0n) is 10.3. The van der Waals surface area contributed by atoms with E-state index in [1.54, 1.807) is 0 Å². The first-order valence-corrected chi connectivity index (χ1v) is 6.66. The summed E-state index contributed by atoms with van der Waals surface area (Å²) in [6.45, 7) is 0. The van der Waals surface area contributed by atoms with Crippen molar-refractivity contribution in [1.82, 2.24) is 4.98 Å². The Hall–Kier alpha value is -2.28. The molecule has 107 valence electrons. The van der Waals surface area contributed by atoms with Crippen LogP contribution < -0.4 is 4.74 Å². The maximum atomic E-state index is 12.6. The summed E-state index contributed by atoms with van der Waals surface area (Å²) in [5, 5.41) is 11.2. The third-order valence-electron chi connectivity index (χ3n) is 2.72. The highest BCUT2D eigenvalue weighted by Crippen LogP contribution is 2.36. The molecule has 1 aromatic heterocycles. The van der Waals surface area contributed by atoms with Gasteiger partial charge in [0.15, 0.2) is 5.75 Å². The highest BCUT2D eigenvalue weighted by molar-refractivity contribution is 7.20. The van der Waals surface area contributed by atoms with Crippen LogP contribution in [0.25, 0.3) is 10.2 Å². The van der Waals surface area contributed by atoms with Gasteiger partial charge in [-0.3, -0.25) is 5.11 Å². The maximum Gasteiger partial charge on any atom is 0.416 e. The van der Waals surface area contributed by atoms with E-state index in [1.165, 1.54) is 30.3 Å². The van der Waals surface area contributed by atoms with Crippen molar-refractivity contribution in [3.8, 4) is 16.7 Å². The molecule has 0 amide bonds. The number of hydrogen-bond acceptors (Lipinski definition) is 3. The average Bonchev–Trinajstić information content (AvgIpc) is 2.81. The van der Waals surface area contributed by atoms with Crippen molar-refractivity contribution in [2.75, 3.05) is 0 Å². The molecule has 0 saturated heterocycles. The Morgan fingerprint density at radius 3 is 2.43 bits per heavy atom. The molecular formula is C14H7F3NO2S. The molecule has 1 radical (unpaired) electrons. The van der Waals surface area contributed by atoms with Gasteiger partial charge in [-0.15, -0.1) is 0 Å². The number of alkyl halides is 3. The number of fused-ring (bicyclic) bond motifs is 1. The molecule has 0 saturated carbocycles. The lowest BCUT2D eigenvalue weighted by molar-refractivity contribution is -0.137. The molecule has 0 fully saturated rings. The van der Waals surface area contributed by atoms with Crippen LogP contribution in [0.5, 0.6) is 16.7 Å². The lowest BCUT2D eigenvalue weighted by atomic mass is 10.2. The first-order chi connectivity index (χ1) is 9.91. The number of ether oxygens (including phenoxy) is 1. The summed E-state index contributed by atoms with van der Waals surface area (Å²) in [5.41, 5.74) is -0.521. The minimum absolute atomic E-state index is 0.151. The van der Waals surface area contributed by atoms with E-state index in [0.717, 1.165) is 23.5 Å². The van der Waals surface area contributed by atoms with Crippen LogP contribution in [0.1, 0.15) is 5.56 Å². The summed E-state index contributed by atoms with van der Waals surface area (Å²) in [4.78, 5) is 4.02. The standard InChI is InChI=1S/C14H7F3NO2S/c15-14(16,17)8-1-6-12-11(7-8)18-13(21-12)20-10-4-2-9(19)3-5-10/h1-7H. The number of hydrogen-bond donors (Lipinski definition) is 0. The summed E-state index contributed by atoms with van der Waals surface area (Å²) in [6.07, 6.45) is -4.40. The van der Waals surface area contributed by atoms with Gasteiger partial charge in [0.2, 0.25) is 0 Å². The number of benzene rings is 2. The first-order valence-electron chi connectivity index (χ1n) is 5.84. The van der Waals surface area contributed by atoms with Crippen LogP contribution in [-0.2, 0) is 11.3 Å². The van der Waals surface area contributed by atoms with Crippen molar-refractivity contribution in [1.29, 1.82) is 0 Å². The van der Waals surface area contributed by atoms with Gasteiger partial charge in [0.05, 0.1) is 15.8 Å². The van der Waals surface area contributed by atoms with E-state index in [1.807, 2.05) is 0 Å². The minimum atomic E-state index is -4.40. The molecular weight excluding hydrogens is 303 g/mol. The molecule has 0 aliphatic heterocycles. The molecule has 7 heteroatoms. The van der Waals surface area contributed by atoms with Gasteiger partial charge in [0.1, 0.15) is 5.75 Å². The molecule has 3 nitrogen and oxygen atoms in total. The molecule has 0 aliphatic rings. The Bertz CT molecular complexity index is 781. The van der Waals surface area contributed by atoms with Gasteiger partial charge in [-0.25, -0.2) is 4.98 Å². The molecule has 2 aromatic carbocycles. The predicted molar refractivity (Wildman–Crippen MR) is 71.3 cm³/mol. The van der Waals surface area contributed by atoms with E-state index in [9.17, 15) is 18.3 Å². The Kier molecular flexibility index (Phi) is 3.21. The Balaban J connectivity index is 1.92. The van der Waals surface area contributed by atoms with E-state index in [-0.39, 0.29) is 16.5 Å². The van der Waals surface area contributed by atoms with Crippen molar-refractivity contribution in [2.45, 2.75) is 6.18 Å². The highest BCUT2D eigenvalue weighted by Gasteiger charge is 2.30. The molecule has 3 rings (SSSR count). The number of thiazole rings is 1. The second-order valence-electron chi connectivity index (χ2n) is 4.23. The Morgan fingerprint density at radius 2 is 1.76 bits per heavy atom. The van der Waals surface area contributed by atoms with Crippen LogP contribution in [-0.4, -0.2) is 4.98 Å². The van der Waals surface area contributed by atoms with Gasteiger partial charge in [-0.05, 0) is 42.5 Å². The quantitative estimate of drug-likeness (QED) is 0.648. The van der Waals surface area contributed by atoms with Crippen molar-refractivity contribution in [2.24, 2.45) is 0 Å². The Morgan fingerprint density at radius 1 is 1.05 bits per heavy atom. The molecule has 0 N–H and O–H groups in total. The van der Waals surface area contributed by atoms with Gasteiger partial charge in [0.25, 0.3) is 5.19 Å². The number of aromatic nitrogens is 1. The van der Waals surface area contributed by atoms with Crippen LogP contribution >= 0.6 is 11.3 Å². The van der Waals surface area contributed by atoms with Gasteiger partial charge in [-0.1, -0.05) is 11.3 Å². The third-order valence-corrected chi connectivity index (χ3v) is 3.64. The topological polar surface area (TPSA) is 42.0 Å². The number of halogens is 3. The van der Waals surface area contributed by atoms with E-state index in [4.69, 9.17) is 4.74 Å². The SMILES string of the molecule is [O]c1ccc(Oc2nc3cc(C(F)(F)F)ccc3s2)cc1. The largest absolute Gasteiger partial charge is 0.431 e. The summed E-state index contributed by atoms with van der Waals surface area (Å²) in [5.74, 6) is 0.256. The van der Waals surface area contributed by atoms with Crippen molar-refractivity contribution < 1.29 is 23.0 Å². The molecule has 0 unspecified atom stereocenters. The first kappa shape index (κ1) is 13.7. The van der Waals surface area contributed by atoms with Crippen molar-refractivity contribution in [3.05, 3.63) is 48.0 Å². The van der Waals surface area contributed by atoms with Crippen molar-refractivity contribution in [3.63, 3.8) is 0 Å². The molecule has 0 bridgehead atoms. The monoisotopic (exact) mass is 310 g/mol. The zero-order valence-corrected chi connectivity index (χ0v) is 11.2. The van der Waals surface area contributed by atoms with Crippen LogP contribution in [0, 0.1) is 0 Å². The smallest absolute Gasteiger partial charge is 0.416 e. The number of rotatable bonds is 2. The van der Waals surface area contributed by atoms with Gasteiger partial charge in [0, 0.05) is 0 Å². The summed E-state index contributed by atoms with van der Waals surface area (Å²) >= 11 is 1.14. The summed E-state index contributed by atoms with van der Waals surface area (Å²) in [6, 6.07) is 9.00. The summed E-state index contributed by atoms with van der Waals surface area (Å²) in [7, 11) is 0. The molecule has 0 aliphatic carbocycles. The number of nitrogens with zero attached hydrogens (tertiary/aromatic N) is 1. The van der Waals surface area contributed by atoms with E-state index in [0.29, 0.717) is 10.4 Å². The lowest BCUT2D eigenvalue weighted by Crippen LogP contribution is -2.03.